The Morgan fingerprint density at radius 2 is 1.85 bits per heavy atom. The summed E-state index contributed by atoms with van der Waals surface area (Å²) in [5.74, 6) is -0.602. The maximum Gasteiger partial charge on any atom is 0.411 e. The Labute approximate surface area is 129 Å². The molecule has 2 saturated heterocycles. The zero-order valence-corrected chi connectivity index (χ0v) is 14.6. The maximum atomic E-state index is 12.4. The molecular formula is C14H24BrNO4. The van der Waals surface area contributed by atoms with Gasteiger partial charge in [-0.3, -0.25) is 4.90 Å². The average Bonchev–Trinajstić information content (AvgIpc) is 2.68. The van der Waals surface area contributed by atoms with Gasteiger partial charge in [0.1, 0.15) is 22.8 Å². The summed E-state index contributed by atoms with van der Waals surface area (Å²) in [7, 11) is 0. The second-order valence-corrected chi connectivity index (χ2v) is 7.74. The van der Waals surface area contributed by atoms with Gasteiger partial charge in [0, 0.05) is 0 Å². The molecule has 2 heterocycles. The maximum absolute atomic E-state index is 12.4. The van der Waals surface area contributed by atoms with Gasteiger partial charge < -0.3 is 14.2 Å². The van der Waals surface area contributed by atoms with Crippen LogP contribution in [0.15, 0.2) is 0 Å². The van der Waals surface area contributed by atoms with Crippen LogP contribution >= 0.6 is 15.9 Å². The molecule has 2 fully saturated rings. The van der Waals surface area contributed by atoms with Crippen LogP contribution in [0, 0.1) is 0 Å². The van der Waals surface area contributed by atoms with Crippen molar-refractivity contribution in [2.75, 3.05) is 0 Å². The quantitative estimate of drug-likeness (QED) is 0.538. The number of alkyl halides is 1. The van der Waals surface area contributed by atoms with E-state index in [0.29, 0.717) is 0 Å². The molecule has 3 unspecified atom stereocenters. The molecule has 0 aromatic carbocycles. The van der Waals surface area contributed by atoms with Gasteiger partial charge in [0.05, 0.1) is 6.04 Å². The van der Waals surface area contributed by atoms with Crippen LogP contribution in [0.5, 0.6) is 0 Å². The van der Waals surface area contributed by atoms with Crippen molar-refractivity contribution in [2.24, 2.45) is 0 Å². The van der Waals surface area contributed by atoms with E-state index < -0.39 is 11.4 Å². The molecule has 2 aliphatic rings. The molecule has 0 aliphatic carbocycles. The summed E-state index contributed by atoms with van der Waals surface area (Å²) in [6, 6.07) is -0.0407. The summed E-state index contributed by atoms with van der Waals surface area (Å²) in [5, 5.41) is 0. The fourth-order valence-corrected chi connectivity index (χ4v) is 3.69. The van der Waals surface area contributed by atoms with E-state index in [1.807, 2.05) is 41.5 Å². The molecule has 6 heteroatoms. The van der Waals surface area contributed by atoms with Crippen molar-refractivity contribution in [2.45, 2.75) is 82.6 Å². The Kier molecular flexibility index (Phi) is 4.13. The number of hydrogen-bond acceptors (Lipinski definition) is 4. The number of fused-ring (bicyclic) bond motifs is 1. The number of carbonyl (C=O) groups excluding carboxylic acids is 1. The van der Waals surface area contributed by atoms with Gasteiger partial charge in [-0.2, -0.15) is 0 Å². The summed E-state index contributed by atoms with van der Waals surface area (Å²) >= 11 is 3.57. The molecule has 0 radical (unpaired) electrons. The van der Waals surface area contributed by atoms with Crippen LogP contribution in [0.4, 0.5) is 4.79 Å². The van der Waals surface area contributed by atoms with E-state index in [2.05, 4.69) is 15.9 Å². The molecule has 1 amide bonds. The number of halogens is 1. The van der Waals surface area contributed by atoms with Crippen molar-refractivity contribution in [3.8, 4) is 0 Å². The molecule has 4 atom stereocenters. The number of hydrogen-bond donors (Lipinski definition) is 0. The molecule has 5 nitrogen and oxygen atoms in total. The minimum Gasteiger partial charge on any atom is -0.444 e. The molecule has 0 spiro atoms. The zero-order chi connectivity index (χ0) is 15.3. The van der Waals surface area contributed by atoms with E-state index >= 15 is 0 Å². The van der Waals surface area contributed by atoms with Crippen molar-refractivity contribution in [3.63, 3.8) is 0 Å². The molecule has 20 heavy (non-hydrogen) atoms. The first-order valence-corrected chi connectivity index (χ1v) is 7.98. The van der Waals surface area contributed by atoms with Gasteiger partial charge in [0.2, 0.25) is 0 Å². The van der Waals surface area contributed by atoms with E-state index in [1.54, 1.807) is 4.90 Å². The van der Waals surface area contributed by atoms with Gasteiger partial charge in [-0.05, 0) is 41.0 Å². The lowest BCUT2D eigenvalue weighted by molar-refractivity contribution is -0.162. The van der Waals surface area contributed by atoms with E-state index in [-0.39, 0.29) is 29.3 Å². The zero-order valence-electron chi connectivity index (χ0n) is 13.0. The highest BCUT2D eigenvalue weighted by Gasteiger charge is 2.58. The Morgan fingerprint density at radius 3 is 2.35 bits per heavy atom. The van der Waals surface area contributed by atoms with Crippen molar-refractivity contribution in [1.82, 2.24) is 4.90 Å². The lowest BCUT2D eigenvalue weighted by atomic mass is 10.1. The van der Waals surface area contributed by atoms with Gasteiger partial charge in [-0.15, -0.1) is 0 Å². The second kappa shape index (κ2) is 5.14. The van der Waals surface area contributed by atoms with E-state index in [1.165, 1.54) is 0 Å². The van der Waals surface area contributed by atoms with Crippen LogP contribution in [0.2, 0.25) is 0 Å². The van der Waals surface area contributed by atoms with Crippen LogP contribution < -0.4 is 0 Å². The first kappa shape index (κ1) is 16.0. The lowest BCUT2D eigenvalue weighted by Crippen LogP contribution is -2.46. The van der Waals surface area contributed by atoms with Gasteiger partial charge in [0.25, 0.3) is 0 Å². The molecule has 0 N–H and O–H groups in total. The first-order valence-electron chi connectivity index (χ1n) is 7.07. The van der Waals surface area contributed by atoms with E-state index in [4.69, 9.17) is 14.2 Å². The Morgan fingerprint density at radius 1 is 1.30 bits per heavy atom. The predicted octanol–water partition coefficient (Wildman–Crippen LogP) is 3.26. The number of nitrogens with zero attached hydrogens (tertiary/aromatic N) is 1. The summed E-state index contributed by atoms with van der Waals surface area (Å²) in [5.41, 5.74) is -0.513. The molecule has 0 aromatic heterocycles. The van der Waals surface area contributed by atoms with Crippen LogP contribution in [0.1, 0.15) is 48.0 Å². The van der Waals surface area contributed by atoms with Crippen LogP contribution in [-0.4, -0.2) is 45.6 Å². The van der Waals surface area contributed by atoms with Crippen molar-refractivity contribution >= 4 is 22.0 Å². The number of amides is 1. The topological polar surface area (TPSA) is 48.0 Å². The number of carbonyl (C=O) groups is 1. The third-order valence-electron chi connectivity index (χ3n) is 3.46. The molecule has 116 valence electrons. The monoisotopic (exact) mass is 349 g/mol. The fraction of sp³-hybridized carbons (Fsp3) is 0.929. The van der Waals surface area contributed by atoms with E-state index in [9.17, 15) is 4.79 Å². The normalized spacial score (nSPS) is 36.0. The highest BCUT2D eigenvalue weighted by Crippen LogP contribution is 2.43. The van der Waals surface area contributed by atoms with Gasteiger partial charge in [0.15, 0.2) is 5.79 Å². The lowest BCUT2D eigenvalue weighted by Gasteiger charge is -2.33. The number of ether oxygens (including phenoxy) is 3. The van der Waals surface area contributed by atoms with Crippen molar-refractivity contribution < 1.29 is 19.0 Å². The van der Waals surface area contributed by atoms with Crippen LogP contribution in [0.3, 0.4) is 0 Å². The summed E-state index contributed by atoms with van der Waals surface area (Å²) in [6.07, 6.45) is 0.182. The average molecular weight is 350 g/mol. The van der Waals surface area contributed by atoms with E-state index in [0.717, 1.165) is 6.42 Å². The molecule has 0 aromatic rings. The number of rotatable bonds is 1. The molecule has 0 bridgehead atoms. The van der Waals surface area contributed by atoms with Gasteiger partial charge in [-0.25, -0.2) is 4.79 Å². The van der Waals surface area contributed by atoms with Crippen LogP contribution in [0.25, 0.3) is 0 Å². The minimum absolute atomic E-state index is 0.0407. The highest BCUT2D eigenvalue weighted by molar-refractivity contribution is 9.09. The Balaban J connectivity index is 2.18. The standard InChI is InChI=1S/C14H24BrNO4/c1-7-8-9-10(19-14(5,6)18-9)11(15)16(8)12(17)20-13(2,3)4/h8-11H,7H2,1-6H3/t8-,9?,10?,11?/m1/s1. The summed E-state index contributed by atoms with van der Waals surface area (Å²) in [4.78, 5) is 13.9. The minimum atomic E-state index is -0.602. The van der Waals surface area contributed by atoms with Crippen molar-refractivity contribution in [1.29, 1.82) is 0 Å². The molecule has 0 saturated carbocycles. The molecule has 2 aliphatic heterocycles. The molecule has 2 rings (SSSR count). The Bertz CT molecular complexity index is 393. The largest absolute Gasteiger partial charge is 0.444 e. The third-order valence-corrected chi connectivity index (χ3v) is 4.42. The predicted molar refractivity (Wildman–Crippen MR) is 78.7 cm³/mol. The van der Waals surface area contributed by atoms with Crippen molar-refractivity contribution in [3.05, 3.63) is 0 Å². The highest BCUT2D eigenvalue weighted by atomic mass is 79.9. The van der Waals surface area contributed by atoms with Gasteiger partial charge in [-0.1, -0.05) is 22.9 Å². The number of likely N-dealkylation sites (tertiary alicyclic amines) is 1. The van der Waals surface area contributed by atoms with Crippen LogP contribution in [-0.2, 0) is 14.2 Å². The summed E-state index contributed by atoms with van der Waals surface area (Å²) in [6.45, 7) is 11.4. The fourth-order valence-electron chi connectivity index (χ4n) is 2.81. The SMILES string of the molecule is CC[C@@H]1C2OC(C)(C)OC2C(Br)N1C(=O)OC(C)(C)C. The summed E-state index contributed by atoms with van der Waals surface area (Å²) < 4.78 is 17.4. The molecular weight excluding hydrogens is 326 g/mol. The smallest absolute Gasteiger partial charge is 0.411 e. The first-order chi connectivity index (χ1) is 9.06. The second-order valence-electron chi connectivity index (χ2n) is 6.80. The van der Waals surface area contributed by atoms with Gasteiger partial charge >= 0.3 is 6.09 Å². The third kappa shape index (κ3) is 2.97. The Hall–Kier alpha value is -0.330.